The van der Waals surface area contributed by atoms with Gasteiger partial charge < -0.3 is 0 Å². The van der Waals surface area contributed by atoms with E-state index < -0.39 is 25.6 Å². The molecule has 0 atom stereocenters. The summed E-state index contributed by atoms with van der Waals surface area (Å²) in [5, 5.41) is 10.0. The van der Waals surface area contributed by atoms with E-state index in [-0.39, 0.29) is 42.8 Å². The van der Waals surface area contributed by atoms with Crippen molar-refractivity contribution in [3.63, 3.8) is 0 Å². The van der Waals surface area contributed by atoms with E-state index >= 15 is 0 Å². The topological polar surface area (TPSA) is 97.5 Å². The molecule has 2 radical (unpaired) electrons. The third kappa shape index (κ3) is 3.86. The summed E-state index contributed by atoms with van der Waals surface area (Å²) >= 11 is 5.42. The van der Waals surface area contributed by atoms with E-state index in [1.54, 1.807) is 0 Å². The van der Waals surface area contributed by atoms with Crippen molar-refractivity contribution < 1.29 is 17.9 Å². The van der Waals surface area contributed by atoms with Crippen LogP contribution in [0.5, 0.6) is 0 Å². The monoisotopic (exact) mass is 277 g/mol. The minimum atomic E-state index is -4.53. The van der Waals surface area contributed by atoms with Gasteiger partial charge in [-0.1, -0.05) is 11.6 Å². The molecule has 6 nitrogen and oxygen atoms in total. The van der Waals surface area contributed by atoms with E-state index in [1.165, 1.54) is 0 Å². The number of hydrogen-bond donors (Lipinski definition) is 1. The van der Waals surface area contributed by atoms with Gasteiger partial charge in [0.15, 0.2) is 0 Å². The summed E-state index contributed by atoms with van der Waals surface area (Å²) in [6, 6.07) is 2.76. The van der Waals surface area contributed by atoms with Crippen LogP contribution < -0.4 is 0 Å². The normalized spacial score (nSPS) is 10.5. The first-order valence-corrected chi connectivity index (χ1v) is 5.05. The first kappa shape index (κ1) is 15.1. The zero-order valence-corrected chi connectivity index (χ0v) is 11.0. The van der Waals surface area contributed by atoms with Crippen molar-refractivity contribution in [1.82, 2.24) is 0 Å². The number of nitro benzene ring substituents is 1. The first-order valence-electron chi connectivity index (χ1n) is 3.24. The van der Waals surface area contributed by atoms with Crippen LogP contribution in [-0.2, 0) is 10.1 Å². The van der Waals surface area contributed by atoms with Crippen molar-refractivity contribution in [3.8, 4) is 0 Å². The molecule has 1 aromatic carbocycles. The SMILES string of the molecule is O=[N+]([O-])c1ccc(Cl)c(S(=O)(=O)O)c1.[Ca]. The predicted octanol–water partition coefficient (Wildman–Crippen LogP) is 1.11. The summed E-state index contributed by atoms with van der Waals surface area (Å²) in [4.78, 5) is 8.82. The summed E-state index contributed by atoms with van der Waals surface area (Å²) in [6.07, 6.45) is 0. The fraction of sp³-hybridized carbons (Fsp3) is 0. The number of rotatable bonds is 2. The van der Waals surface area contributed by atoms with Crippen LogP contribution in [0.15, 0.2) is 23.1 Å². The van der Waals surface area contributed by atoms with Gasteiger partial charge in [0.25, 0.3) is 15.8 Å². The number of non-ortho nitro benzene ring substituents is 1. The summed E-state index contributed by atoms with van der Waals surface area (Å²) in [6.45, 7) is 0. The molecule has 0 bridgehead atoms. The van der Waals surface area contributed by atoms with E-state index in [4.69, 9.17) is 16.2 Å². The van der Waals surface area contributed by atoms with Crippen molar-refractivity contribution in [2.24, 2.45) is 0 Å². The maximum absolute atomic E-state index is 10.7. The second-order valence-electron chi connectivity index (χ2n) is 2.35. The van der Waals surface area contributed by atoms with Crippen LogP contribution in [0.25, 0.3) is 0 Å². The Morgan fingerprint density at radius 3 is 2.33 bits per heavy atom. The first-order chi connectivity index (χ1) is 6.32. The molecule has 0 aromatic heterocycles. The number of nitrogens with zero attached hydrogens (tertiary/aromatic N) is 1. The molecule has 0 amide bonds. The van der Waals surface area contributed by atoms with Crippen LogP contribution in [0.4, 0.5) is 5.69 Å². The zero-order valence-electron chi connectivity index (χ0n) is 7.25. The molecule has 0 aliphatic carbocycles. The fourth-order valence-electron chi connectivity index (χ4n) is 0.803. The molecule has 1 aromatic rings. The average molecular weight is 278 g/mol. The molecule has 1 N–H and O–H groups in total. The molecule has 0 spiro atoms. The zero-order chi connectivity index (χ0) is 10.9. The Labute approximate surface area is 120 Å². The predicted molar refractivity (Wildman–Crippen MR) is 53.7 cm³/mol. The third-order valence-corrected chi connectivity index (χ3v) is 2.74. The van der Waals surface area contributed by atoms with Crippen molar-refractivity contribution in [2.45, 2.75) is 4.90 Å². The average Bonchev–Trinajstić information content (AvgIpc) is 2.02. The molecule has 0 fully saturated rings. The molecular formula is C6H4CaClNO5S. The van der Waals surface area contributed by atoms with Gasteiger partial charge in [0.2, 0.25) is 0 Å². The van der Waals surface area contributed by atoms with Crippen LogP contribution in [0.3, 0.4) is 0 Å². The second kappa shape index (κ2) is 5.42. The van der Waals surface area contributed by atoms with E-state index in [1.807, 2.05) is 0 Å². The maximum Gasteiger partial charge on any atom is 0.296 e. The standard InChI is InChI=1S/C6H4ClNO5S.Ca/c7-5-2-1-4(8(9)10)3-6(5)14(11,12)13;/h1-3H,(H,11,12,13);. The van der Waals surface area contributed by atoms with Gasteiger partial charge in [-0.25, -0.2) is 0 Å². The van der Waals surface area contributed by atoms with Gasteiger partial charge >= 0.3 is 0 Å². The maximum atomic E-state index is 10.7. The molecule has 78 valence electrons. The van der Waals surface area contributed by atoms with Gasteiger partial charge in [0, 0.05) is 49.9 Å². The molecule has 0 aliphatic rings. The van der Waals surface area contributed by atoms with E-state index in [0.29, 0.717) is 6.07 Å². The van der Waals surface area contributed by atoms with Crippen molar-refractivity contribution >= 4 is 65.1 Å². The Kier molecular flexibility index (Phi) is 5.45. The number of nitro groups is 1. The Bertz CT molecular complexity index is 488. The van der Waals surface area contributed by atoms with E-state index in [0.717, 1.165) is 12.1 Å². The quantitative estimate of drug-likeness (QED) is 0.378. The minimum Gasteiger partial charge on any atom is -0.282 e. The Morgan fingerprint density at radius 2 is 1.93 bits per heavy atom. The molecule has 0 aliphatic heterocycles. The van der Waals surface area contributed by atoms with Crippen LogP contribution in [-0.4, -0.2) is 55.6 Å². The Morgan fingerprint density at radius 1 is 1.40 bits per heavy atom. The van der Waals surface area contributed by atoms with Gasteiger partial charge in [0.05, 0.1) is 9.95 Å². The van der Waals surface area contributed by atoms with Gasteiger partial charge in [-0.15, -0.1) is 0 Å². The molecule has 9 heteroatoms. The third-order valence-electron chi connectivity index (χ3n) is 1.40. The summed E-state index contributed by atoms with van der Waals surface area (Å²) < 4.78 is 30.0. The van der Waals surface area contributed by atoms with Gasteiger partial charge in [-0.05, 0) is 6.07 Å². The smallest absolute Gasteiger partial charge is 0.282 e. The molecule has 15 heavy (non-hydrogen) atoms. The van der Waals surface area contributed by atoms with Crippen LogP contribution >= 0.6 is 11.6 Å². The van der Waals surface area contributed by atoms with Crippen molar-refractivity contribution in [1.29, 1.82) is 0 Å². The molecule has 1 rings (SSSR count). The summed E-state index contributed by atoms with van der Waals surface area (Å²) in [7, 11) is -4.53. The summed E-state index contributed by atoms with van der Waals surface area (Å²) in [5.41, 5.74) is -0.456. The number of halogens is 1. The second-order valence-corrected chi connectivity index (χ2v) is 4.14. The van der Waals surface area contributed by atoms with Crippen molar-refractivity contribution in [3.05, 3.63) is 33.3 Å². The molecule has 0 unspecified atom stereocenters. The van der Waals surface area contributed by atoms with E-state index in [9.17, 15) is 18.5 Å². The number of hydrogen-bond acceptors (Lipinski definition) is 4. The largest absolute Gasteiger partial charge is 0.296 e. The molecular weight excluding hydrogens is 274 g/mol. The van der Waals surface area contributed by atoms with Gasteiger partial charge in [-0.2, -0.15) is 8.42 Å². The van der Waals surface area contributed by atoms with Gasteiger partial charge in [-0.3, -0.25) is 14.7 Å². The Balaban J connectivity index is 0.00000196. The number of benzene rings is 1. The van der Waals surface area contributed by atoms with E-state index in [2.05, 4.69) is 0 Å². The molecule has 0 saturated heterocycles. The fourth-order valence-corrected chi connectivity index (χ4v) is 1.80. The van der Waals surface area contributed by atoms with Gasteiger partial charge in [0.1, 0.15) is 4.90 Å². The molecule has 0 heterocycles. The summed E-state index contributed by atoms with van der Waals surface area (Å²) in [5.74, 6) is 0. The van der Waals surface area contributed by atoms with Crippen LogP contribution in [0, 0.1) is 10.1 Å². The van der Waals surface area contributed by atoms with Crippen molar-refractivity contribution in [2.75, 3.05) is 0 Å². The van der Waals surface area contributed by atoms with Crippen LogP contribution in [0.1, 0.15) is 0 Å². The minimum absolute atomic E-state index is 0. The Hall–Kier alpha value is 0.0797. The van der Waals surface area contributed by atoms with Crippen LogP contribution in [0.2, 0.25) is 5.02 Å². The molecule has 0 saturated carbocycles.